The summed E-state index contributed by atoms with van der Waals surface area (Å²) in [5, 5.41) is 14.4. The normalized spacial score (nSPS) is 16.0. The average molecular weight is 362 g/mol. The van der Waals surface area contributed by atoms with Gasteiger partial charge < -0.3 is 10.6 Å². The fraction of sp³-hybridized carbons (Fsp3) is 0.300. The van der Waals surface area contributed by atoms with E-state index in [1.165, 1.54) is 5.56 Å². The van der Waals surface area contributed by atoms with Gasteiger partial charge in [-0.1, -0.05) is 23.4 Å². The lowest BCUT2D eigenvalue weighted by molar-refractivity contribution is -0.115. The van der Waals surface area contributed by atoms with Crippen LogP contribution in [0.2, 0.25) is 0 Å². The Labute approximate surface area is 157 Å². The van der Waals surface area contributed by atoms with Gasteiger partial charge in [0.2, 0.25) is 5.91 Å². The number of rotatable bonds is 5. The number of amides is 1. The summed E-state index contributed by atoms with van der Waals surface area (Å²) in [6, 6.07) is 11.9. The molecular weight excluding hydrogens is 340 g/mol. The number of benzene rings is 1. The fourth-order valence-corrected chi connectivity index (χ4v) is 3.53. The van der Waals surface area contributed by atoms with E-state index in [4.69, 9.17) is 0 Å². The van der Waals surface area contributed by atoms with Crippen LogP contribution in [0.15, 0.2) is 48.8 Å². The van der Waals surface area contributed by atoms with Gasteiger partial charge in [-0.3, -0.25) is 9.78 Å². The van der Waals surface area contributed by atoms with E-state index in [1.54, 1.807) is 7.05 Å². The van der Waals surface area contributed by atoms with Crippen molar-refractivity contribution in [2.45, 2.75) is 25.3 Å². The highest BCUT2D eigenvalue weighted by atomic mass is 16.1. The second kappa shape index (κ2) is 7.67. The number of fused-ring (bicyclic) bond motifs is 1. The number of anilines is 1. The fourth-order valence-electron chi connectivity index (χ4n) is 3.53. The van der Waals surface area contributed by atoms with Gasteiger partial charge >= 0.3 is 0 Å². The molecule has 2 aromatic heterocycles. The lowest BCUT2D eigenvalue weighted by Gasteiger charge is -2.23. The van der Waals surface area contributed by atoms with Crippen LogP contribution in [-0.2, 0) is 11.2 Å². The first-order chi connectivity index (χ1) is 13.2. The first-order valence-corrected chi connectivity index (χ1v) is 9.15. The maximum Gasteiger partial charge on any atom is 0.238 e. The van der Waals surface area contributed by atoms with E-state index in [1.807, 2.05) is 47.4 Å². The van der Waals surface area contributed by atoms with E-state index < -0.39 is 0 Å². The second-order valence-electron chi connectivity index (χ2n) is 6.70. The molecule has 1 aliphatic rings. The molecule has 2 N–H and O–H groups in total. The molecule has 1 unspecified atom stereocenters. The summed E-state index contributed by atoms with van der Waals surface area (Å²) < 4.78 is 1.91. The van der Waals surface area contributed by atoms with E-state index in [0.717, 1.165) is 41.9 Å². The zero-order valence-electron chi connectivity index (χ0n) is 15.2. The molecule has 7 heteroatoms. The number of pyridine rings is 1. The molecule has 0 spiro atoms. The molecule has 27 heavy (non-hydrogen) atoms. The molecule has 1 aliphatic carbocycles. The molecule has 0 saturated heterocycles. The van der Waals surface area contributed by atoms with Crippen LogP contribution < -0.4 is 10.6 Å². The van der Waals surface area contributed by atoms with E-state index in [2.05, 4.69) is 32.0 Å². The van der Waals surface area contributed by atoms with E-state index in [9.17, 15) is 4.79 Å². The summed E-state index contributed by atoms with van der Waals surface area (Å²) in [4.78, 5) is 16.4. The Morgan fingerprint density at radius 3 is 3.11 bits per heavy atom. The molecule has 0 radical (unpaired) electrons. The van der Waals surface area contributed by atoms with Gasteiger partial charge in [0.25, 0.3) is 0 Å². The van der Waals surface area contributed by atoms with Gasteiger partial charge in [-0.25, -0.2) is 4.68 Å². The smallest absolute Gasteiger partial charge is 0.238 e. The third kappa shape index (κ3) is 3.73. The average Bonchev–Trinajstić information content (AvgIpc) is 3.18. The van der Waals surface area contributed by atoms with Gasteiger partial charge in [-0.05, 0) is 50.1 Å². The lowest BCUT2D eigenvalue weighted by Crippen LogP contribution is -2.24. The number of hydrogen-bond acceptors (Lipinski definition) is 5. The molecule has 1 atom stereocenters. The van der Waals surface area contributed by atoms with Crippen molar-refractivity contribution in [3.63, 3.8) is 0 Å². The summed E-state index contributed by atoms with van der Waals surface area (Å²) in [7, 11) is 1.74. The van der Waals surface area contributed by atoms with Crippen molar-refractivity contribution in [3.8, 4) is 11.3 Å². The Bertz CT molecular complexity index is 951. The molecule has 2 heterocycles. The summed E-state index contributed by atoms with van der Waals surface area (Å²) in [6.07, 6.45) is 6.99. The molecule has 1 amide bonds. The zero-order valence-corrected chi connectivity index (χ0v) is 15.2. The number of likely N-dealkylation sites (N-methyl/N-ethyl adjacent to an activating group) is 1. The van der Waals surface area contributed by atoms with Crippen molar-refractivity contribution in [2.24, 2.45) is 0 Å². The predicted octanol–water partition coefficient (Wildman–Crippen LogP) is 2.42. The molecule has 0 aliphatic heterocycles. The Hall–Kier alpha value is -3.06. The maximum absolute atomic E-state index is 11.8. The van der Waals surface area contributed by atoms with Crippen LogP contribution in [0, 0.1) is 0 Å². The molecule has 138 valence electrons. The van der Waals surface area contributed by atoms with Crippen LogP contribution >= 0.6 is 0 Å². The van der Waals surface area contributed by atoms with Crippen molar-refractivity contribution in [2.75, 3.05) is 18.9 Å². The predicted molar refractivity (Wildman–Crippen MR) is 103 cm³/mol. The number of carbonyl (C=O) groups excluding carboxylic acids is 1. The lowest BCUT2D eigenvalue weighted by atomic mass is 9.92. The third-order valence-corrected chi connectivity index (χ3v) is 4.77. The van der Waals surface area contributed by atoms with Crippen molar-refractivity contribution < 1.29 is 4.79 Å². The topological polar surface area (TPSA) is 84.7 Å². The number of aryl methyl sites for hydroxylation is 1. The number of hydrogen-bond donors (Lipinski definition) is 2. The maximum atomic E-state index is 11.8. The van der Waals surface area contributed by atoms with Crippen LogP contribution in [0.25, 0.3) is 11.3 Å². The summed E-state index contributed by atoms with van der Waals surface area (Å²) in [6.45, 7) is 0.272. The second-order valence-corrected chi connectivity index (χ2v) is 6.70. The van der Waals surface area contributed by atoms with Crippen molar-refractivity contribution in [3.05, 3.63) is 60.0 Å². The van der Waals surface area contributed by atoms with E-state index in [0.29, 0.717) is 0 Å². The van der Waals surface area contributed by atoms with Gasteiger partial charge in [0.05, 0.1) is 24.5 Å². The van der Waals surface area contributed by atoms with Gasteiger partial charge in [0.1, 0.15) is 5.69 Å². The van der Waals surface area contributed by atoms with Gasteiger partial charge in [-0.2, -0.15) is 0 Å². The Kier molecular flexibility index (Phi) is 4.93. The van der Waals surface area contributed by atoms with Crippen LogP contribution in [0.4, 0.5) is 5.69 Å². The highest BCUT2D eigenvalue weighted by Gasteiger charge is 2.24. The van der Waals surface area contributed by atoms with E-state index in [-0.39, 0.29) is 18.5 Å². The molecule has 0 bridgehead atoms. The molecule has 7 nitrogen and oxygen atoms in total. The quantitative estimate of drug-likeness (QED) is 0.728. The molecule has 1 aromatic carbocycles. The minimum Gasteiger partial charge on any atom is -0.325 e. The van der Waals surface area contributed by atoms with Crippen molar-refractivity contribution in [1.29, 1.82) is 0 Å². The molecule has 0 saturated carbocycles. The standard InChI is InChI=1S/C20H22N6O/c1-21-12-19(27)23-16-8-2-6-15(11-16)17-13-26(25-24-17)18-9-3-5-14-7-4-10-22-20(14)18/h2,4,6-8,10-11,13,18,21H,3,5,9,12H2,1H3,(H,23,27). The van der Waals surface area contributed by atoms with Gasteiger partial charge in [-0.15, -0.1) is 5.10 Å². The van der Waals surface area contributed by atoms with Gasteiger partial charge in [0.15, 0.2) is 0 Å². The van der Waals surface area contributed by atoms with Crippen LogP contribution in [0.1, 0.15) is 30.1 Å². The first-order valence-electron chi connectivity index (χ1n) is 9.15. The minimum absolute atomic E-state index is 0.0804. The van der Waals surface area contributed by atoms with Crippen LogP contribution in [0.5, 0.6) is 0 Å². The summed E-state index contributed by atoms with van der Waals surface area (Å²) in [5.74, 6) is -0.0804. The van der Waals surface area contributed by atoms with Crippen molar-refractivity contribution in [1.82, 2.24) is 25.3 Å². The van der Waals surface area contributed by atoms with Gasteiger partial charge in [0, 0.05) is 17.4 Å². The van der Waals surface area contributed by atoms with E-state index >= 15 is 0 Å². The molecule has 3 aromatic rings. The van der Waals surface area contributed by atoms with Crippen LogP contribution in [0.3, 0.4) is 0 Å². The Morgan fingerprint density at radius 2 is 2.22 bits per heavy atom. The Morgan fingerprint density at radius 1 is 1.30 bits per heavy atom. The summed E-state index contributed by atoms with van der Waals surface area (Å²) in [5.41, 5.74) is 4.82. The number of aromatic nitrogens is 4. The number of carbonyl (C=O) groups is 1. The largest absolute Gasteiger partial charge is 0.325 e. The number of nitrogens with zero attached hydrogens (tertiary/aromatic N) is 4. The Balaban J connectivity index is 1.58. The zero-order chi connectivity index (χ0) is 18.6. The molecule has 0 fully saturated rings. The highest BCUT2D eigenvalue weighted by molar-refractivity contribution is 5.92. The molecular formula is C20H22N6O. The molecule has 4 rings (SSSR count). The highest BCUT2D eigenvalue weighted by Crippen LogP contribution is 2.31. The third-order valence-electron chi connectivity index (χ3n) is 4.77. The minimum atomic E-state index is -0.0804. The first kappa shape index (κ1) is 17.4. The number of nitrogens with one attached hydrogen (secondary N) is 2. The monoisotopic (exact) mass is 362 g/mol. The SMILES string of the molecule is CNCC(=O)Nc1cccc(-c2cn(C3CCCc4cccnc43)nn2)c1. The summed E-state index contributed by atoms with van der Waals surface area (Å²) >= 11 is 0. The van der Waals surface area contributed by atoms with Crippen molar-refractivity contribution >= 4 is 11.6 Å². The van der Waals surface area contributed by atoms with Crippen LogP contribution in [-0.4, -0.2) is 39.5 Å².